The quantitative estimate of drug-likeness (QED) is 0.643. The molecule has 1 heterocycles. The van der Waals surface area contributed by atoms with E-state index in [1.54, 1.807) is 25.6 Å². The lowest BCUT2D eigenvalue weighted by Crippen LogP contribution is -2.28. The van der Waals surface area contributed by atoms with E-state index in [4.69, 9.17) is 15.3 Å². The van der Waals surface area contributed by atoms with Crippen molar-refractivity contribution in [2.45, 2.75) is 6.04 Å². The molecule has 18 heavy (non-hydrogen) atoms. The summed E-state index contributed by atoms with van der Waals surface area (Å²) in [7, 11) is 3.31. The molecule has 0 fully saturated rings. The van der Waals surface area contributed by atoms with E-state index in [2.05, 4.69) is 5.43 Å². The largest absolute Gasteiger partial charge is 0.497 e. The zero-order valence-electron chi connectivity index (χ0n) is 10.3. The summed E-state index contributed by atoms with van der Waals surface area (Å²) in [5.74, 6) is 7.33. The van der Waals surface area contributed by atoms with Crippen LogP contribution in [0.5, 0.6) is 11.5 Å². The molecule has 1 unspecified atom stereocenters. The maximum Gasteiger partial charge on any atom is 0.134 e. The Kier molecular flexibility index (Phi) is 4.19. The Bertz CT molecular complexity index is 496. The van der Waals surface area contributed by atoms with E-state index in [9.17, 15) is 0 Å². The molecule has 2 rings (SSSR count). The van der Waals surface area contributed by atoms with Crippen LogP contribution in [0.1, 0.15) is 16.5 Å². The van der Waals surface area contributed by atoms with Crippen LogP contribution in [0, 0.1) is 0 Å². The SMILES string of the molecule is COc1ccc(C(NN)c2sccc2OC)cc1. The number of methoxy groups -OCH3 is 2. The van der Waals surface area contributed by atoms with Crippen LogP contribution < -0.4 is 20.7 Å². The van der Waals surface area contributed by atoms with Crippen molar-refractivity contribution in [1.82, 2.24) is 5.43 Å². The Morgan fingerprint density at radius 3 is 2.39 bits per heavy atom. The third-order valence-electron chi connectivity index (χ3n) is 2.76. The molecule has 1 aromatic carbocycles. The van der Waals surface area contributed by atoms with Crippen molar-refractivity contribution in [2.24, 2.45) is 5.84 Å². The summed E-state index contributed by atoms with van der Waals surface area (Å²) in [4.78, 5) is 1.06. The summed E-state index contributed by atoms with van der Waals surface area (Å²) in [6, 6.07) is 9.67. The van der Waals surface area contributed by atoms with Gasteiger partial charge in [-0.3, -0.25) is 5.84 Å². The third kappa shape index (κ3) is 2.48. The lowest BCUT2D eigenvalue weighted by molar-refractivity contribution is 0.407. The Morgan fingerprint density at radius 1 is 1.11 bits per heavy atom. The first-order valence-corrected chi connectivity index (χ1v) is 6.39. The molecule has 0 radical (unpaired) electrons. The maximum absolute atomic E-state index is 5.66. The predicted molar refractivity (Wildman–Crippen MR) is 73.0 cm³/mol. The molecular weight excluding hydrogens is 248 g/mol. The molecule has 4 nitrogen and oxygen atoms in total. The molecular formula is C13H16N2O2S. The predicted octanol–water partition coefficient (Wildman–Crippen LogP) is 2.32. The highest BCUT2D eigenvalue weighted by Crippen LogP contribution is 2.34. The van der Waals surface area contributed by atoms with Crippen molar-refractivity contribution in [1.29, 1.82) is 0 Å². The first kappa shape index (κ1) is 12.9. The standard InChI is InChI=1S/C13H16N2O2S/c1-16-10-5-3-9(4-6-10)12(15-14)13-11(17-2)7-8-18-13/h3-8,12,15H,14H2,1-2H3. The molecule has 5 heteroatoms. The Hall–Kier alpha value is -1.56. The van der Waals surface area contributed by atoms with Gasteiger partial charge in [0.25, 0.3) is 0 Å². The van der Waals surface area contributed by atoms with E-state index < -0.39 is 0 Å². The van der Waals surface area contributed by atoms with Gasteiger partial charge in [0, 0.05) is 0 Å². The van der Waals surface area contributed by atoms with Crippen molar-refractivity contribution in [3.05, 3.63) is 46.2 Å². The molecule has 3 N–H and O–H groups in total. The van der Waals surface area contributed by atoms with Crippen LogP contribution in [0.15, 0.2) is 35.7 Å². The van der Waals surface area contributed by atoms with Gasteiger partial charge in [0.15, 0.2) is 0 Å². The van der Waals surface area contributed by atoms with Crippen molar-refractivity contribution in [3.8, 4) is 11.5 Å². The summed E-state index contributed by atoms with van der Waals surface area (Å²) in [6.07, 6.45) is 0. The van der Waals surface area contributed by atoms with Crippen LogP contribution >= 0.6 is 11.3 Å². The lowest BCUT2D eigenvalue weighted by atomic mass is 10.1. The summed E-state index contributed by atoms with van der Waals surface area (Å²) >= 11 is 1.61. The van der Waals surface area contributed by atoms with Crippen LogP contribution in [0.2, 0.25) is 0 Å². The summed E-state index contributed by atoms with van der Waals surface area (Å²) in [5.41, 5.74) is 3.89. The van der Waals surface area contributed by atoms with Gasteiger partial charge in [0.1, 0.15) is 11.5 Å². The minimum atomic E-state index is -0.0779. The van der Waals surface area contributed by atoms with Gasteiger partial charge in [0.05, 0.1) is 25.1 Å². The van der Waals surface area contributed by atoms with Gasteiger partial charge in [-0.15, -0.1) is 11.3 Å². The number of nitrogens with one attached hydrogen (secondary N) is 1. The fourth-order valence-corrected chi connectivity index (χ4v) is 2.75. The van der Waals surface area contributed by atoms with E-state index in [1.165, 1.54) is 0 Å². The van der Waals surface area contributed by atoms with E-state index in [-0.39, 0.29) is 6.04 Å². The van der Waals surface area contributed by atoms with Gasteiger partial charge in [-0.25, -0.2) is 5.43 Å². The second-order valence-corrected chi connectivity index (χ2v) is 4.67. The minimum Gasteiger partial charge on any atom is -0.497 e. The number of ether oxygens (including phenoxy) is 2. The van der Waals surface area contributed by atoms with Crippen molar-refractivity contribution in [2.75, 3.05) is 14.2 Å². The van der Waals surface area contributed by atoms with Crippen molar-refractivity contribution < 1.29 is 9.47 Å². The van der Waals surface area contributed by atoms with E-state index in [0.717, 1.165) is 21.9 Å². The van der Waals surface area contributed by atoms with Crippen molar-refractivity contribution >= 4 is 11.3 Å². The van der Waals surface area contributed by atoms with Gasteiger partial charge in [0.2, 0.25) is 0 Å². The van der Waals surface area contributed by atoms with E-state index in [0.29, 0.717) is 0 Å². The Labute approximate surface area is 110 Å². The van der Waals surface area contributed by atoms with Gasteiger partial charge in [-0.1, -0.05) is 12.1 Å². The second-order valence-electron chi connectivity index (χ2n) is 3.73. The van der Waals surface area contributed by atoms with Gasteiger partial charge < -0.3 is 9.47 Å². The average molecular weight is 264 g/mol. The van der Waals surface area contributed by atoms with Crippen LogP contribution in [-0.2, 0) is 0 Å². The zero-order chi connectivity index (χ0) is 13.0. The molecule has 1 aromatic heterocycles. The number of hydrogen-bond acceptors (Lipinski definition) is 5. The molecule has 0 aliphatic heterocycles. The highest BCUT2D eigenvalue weighted by atomic mass is 32.1. The van der Waals surface area contributed by atoms with E-state index in [1.807, 2.05) is 35.7 Å². The zero-order valence-corrected chi connectivity index (χ0v) is 11.2. The highest BCUT2D eigenvalue weighted by molar-refractivity contribution is 7.10. The Morgan fingerprint density at radius 2 is 1.83 bits per heavy atom. The summed E-state index contributed by atoms with van der Waals surface area (Å²) in [5, 5.41) is 1.99. The molecule has 0 saturated carbocycles. The smallest absolute Gasteiger partial charge is 0.134 e. The lowest BCUT2D eigenvalue weighted by Gasteiger charge is -2.16. The van der Waals surface area contributed by atoms with Crippen LogP contribution in [0.25, 0.3) is 0 Å². The fraction of sp³-hybridized carbons (Fsp3) is 0.231. The molecule has 0 amide bonds. The van der Waals surface area contributed by atoms with Gasteiger partial charge >= 0.3 is 0 Å². The molecule has 2 aromatic rings. The minimum absolute atomic E-state index is 0.0779. The molecule has 0 aliphatic rings. The van der Waals surface area contributed by atoms with E-state index >= 15 is 0 Å². The molecule has 0 saturated heterocycles. The number of benzene rings is 1. The molecule has 0 aliphatic carbocycles. The third-order valence-corrected chi connectivity index (χ3v) is 3.72. The summed E-state index contributed by atoms with van der Waals surface area (Å²) in [6.45, 7) is 0. The average Bonchev–Trinajstić information content (AvgIpc) is 2.89. The molecule has 1 atom stereocenters. The van der Waals surface area contributed by atoms with Crippen LogP contribution in [-0.4, -0.2) is 14.2 Å². The van der Waals surface area contributed by atoms with Gasteiger partial charge in [-0.05, 0) is 29.1 Å². The summed E-state index contributed by atoms with van der Waals surface area (Å²) < 4.78 is 10.5. The first-order valence-electron chi connectivity index (χ1n) is 5.51. The normalized spacial score (nSPS) is 12.2. The molecule has 96 valence electrons. The highest BCUT2D eigenvalue weighted by Gasteiger charge is 2.18. The van der Waals surface area contributed by atoms with Gasteiger partial charge in [-0.2, -0.15) is 0 Å². The molecule has 0 bridgehead atoms. The Balaban J connectivity index is 2.32. The van der Waals surface area contributed by atoms with Crippen LogP contribution in [0.4, 0.5) is 0 Å². The second kappa shape index (κ2) is 5.86. The molecule has 0 spiro atoms. The number of thiophene rings is 1. The van der Waals surface area contributed by atoms with Crippen molar-refractivity contribution in [3.63, 3.8) is 0 Å². The monoisotopic (exact) mass is 264 g/mol. The first-order chi connectivity index (χ1) is 8.80. The number of hydrazine groups is 1. The maximum atomic E-state index is 5.66. The number of nitrogens with two attached hydrogens (primary N) is 1. The topological polar surface area (TPSA) is 56.5 Å². The number of rotatable bonds is 5. The number of hydrogen-bond donors (Lipinski definition) is 2. The fourth-order valence-electron chi connectivity index (χ4n) is 1.81. The van der Waals surface area contributed by atoms with Crippen LogP contribution in [0.3, 0.4) is 0 Å².